The number of hydrogen-bond acceptors (Lipinski definition) is 5. The van der Waals surface area contributed by atoms with Crippen molar-refractivity contribution in [1.29, 1.82) is 0 Å². The van der Waals surface area contributed by atoms with Crippen LogP contribution in [-0.2, 0) is 0 Å². The van der Waals surface area contributed by atoms with Crippen LogP contribution in [0.2, 0.25) is 5.15 Å². The molecule has 0 aliphatic rings. The SMILES string of the molecule is COc1ccc(-c2cc3nnc(-c4ccc(OC)cc4)n3nc2Cl)cc1. The molecule has 0 radical (unpaired) electrons. The summed E-state index contributed by atoms with van der Waals surface area (Å²) in [6.45, 7) is 0. The van der Waals surface area contributed by atoms with Crippen LogP contribution in [0.25, 0.3) is 28.2 Å². The molecule has 6 nitrogen and oxygen atoms in total. The predicted octanol–water partition coefficient (Wildman–Crippen LogP) is 4.13. The lowest BCUT2D eigenvalue weighted by molar-refractivity contribution is 0.415. The molecule has 0 atom stereocenters. The van der Waals surface area contributed by atoms with E-state index in [1.165, 1.54) is 0 Å². The third kappa shape index (κ3) is 2.84. The molecule has 0 unspecified atom stereocenters. The summed E-state index contributed by atoms with van der Waals surface area (Å²) in [6.07, 6.45) is 0. The first-order valence-electron chi connectivity index (χ1n) is 7.90. The van der Waals surface area contributed by atoms with Crippen LogP contribution in [0.15, 0.2) is 54.6 Å². The van der Waals surface area contributed by atoms with Gasteiger partial charge in [0.25, 0.3) is 0 Å². The Balaban J connectivity index is 1.78. The fourth-order valence-electron chi connectivity index (χ4n) is 2.70. The average molecular weight is 367 g/mol. The molecule has 4 aromatic rings. The highest BCUT2D eigenvalue weighted by molar-refractivity contribution is 6.32. The maximum Gasteiger partial charge on any atom is 0.185 e. The molecule has 7 heteroatoms. The van der Waals surface area contributed by atoms with Crippen LogP contribution < -0.4 is 9.47 Å². The van der Waals surface area contributed by atoms with E-state index in [4.69, 9.17) is 21.1 Å². The standard InChI is InChI=1S/C19H15ClN4O2/c1-25-14-7-3-12(4-8-14)16-11-17-21-22-19(24(17)23-18(16)20)13-5-9-15(26-2)10-6-13/h3-11H,1-2H3. The number of ether oxygens (including phenoxy) is 2. The Morgan fingerprint density at radius 1 is 0.808 bits per heavy atom. The fourth-order valence-corrected chi connectivity index (χ4v) is 2.94. The van der Waals surface area contributed by atoms with Crippen molar-refractivity contribution in [3.63, 3.8) is 0 Å². The van der Waals surface area contributed by atoms with Crippen molar-refractivity contribution in [2.75, 3.05) is 14.2 Å². The number of fused-ring (bicyclic) bond motifs is 1. The van der Waals surface area contributed by atoms with E-state index >= 15 is 0 Å². The Bertz CT molecular complexity index is 1060. The van der Waals surface area contributed by atoms with Gasteiger partial charge in [-0.25, -0.2) is 0 Å². The van der Waals surface area contributed by atoms with Crippen LogP contribution in [0.1, 0.15) is 0 Å². The maximum atomic E-state index is 6.44. The van der Waals surface area contributed by atoms with E-state index in [0.717, 1.165) is 28.2 Å². The van der Waals surface area contributed by atoms with Gasteiger partial charge in [-0.2, -0.15) is 9.61 Å². The average Bonchev–Trinajstić information content (AvgIpc) is 3.10. The highest BCUT2D eigenvalue weighted by Gasteiger charge is 2.14. The van der Waals surface area contributed by atoms with E-state index in [0.29, 0.717) is 16.6 Å². The highest BCUT2D eigenvalue weighted by Crippen LogP contribution is 2.30. The van der Waals surface area contributed by atoms with Gasteiger partial charge in [-0.1, -0.05) is 23.7 Å². The van der Waals surface area contributed by atoms with Gasteiger partial charge in [0, 0.05) is 11.1 Å². The Kier molecular flexibility index (Phi) is 4.18. The molecule has 0 saturated carbocycles. The summed E-state index contributed by atoms with van der Waals surface area (Å²) in [6, 6.07) is 17.0. The second-order valence-electron chi connectivity index (χ2n) is 5.60. The summed E-state index contributed by atoms with van der Waals surface area (Å²) in [5.41, 5.74) is 3.21. The van der Waals surface area contributed by atoms with E-state index in [1.54, 1.807) is 18.7 Å². The molecular formula is C19H15ClN4O2. The molecule has 0 amide bonds. The van der Waals surface area contributed by atoms with E-state index < -0.39 is 0 Å². The zero-order valence-corrected chi connectivity index (χ0v) is 14.9. The molecular weight excluding hydrogens is 352 g/mol. The van der Waals surface area contributed by atoms with Crippen LogP contribution in [0.3, 0.4) is 0 Å². The molecule has 26 heavy (non-hydrogen) atoms. The predicted molar refractivity (Wildman–Crippen MR) is 99.8 cm³/mol. The van der Waals surface area contributed by atoms with Gasteiger partial charge in [0.15, 0.2) is 16.6 Å². The van der Waals surface area contributed by atoms with Gasteiger partial charge in [-0.05, 0) is 48.0 Å². The normalized spacial score (nSPS) is 10.9. The molecule has 0 aliphatic carbocycles. The van der Waals surface area contributed by atoms with E-state index in [9.17, 15) is 0 Å². The summed E-state index contributed by atoms with van der Waals surface area (Å²) in [5, 5.41) is 13.3. The largest absolute Gasteiger partial charge is 0.497 e. The van der Waals surface area contributed by atoms with Gasteiger partial charge in [0.2, 0.25) is 0 Å². The number of halogens is 1. The molecule has 0 bridgehead atoms. The number of rotatable bonds is 4. The Hall–Kier alpha value is -3.12. The van der Waals surface area contributed by atoms with Crippen molar-refractivity contribution < 1.29 is 9.47 Å². The Labute approximate surface area is 155 Å². The summed E-state index contributed by atoms with van der Waals surface area (Å²) in [5.74, 6) is 2.17. The molecule has 4 rings (SSSR count). The quantitative estimate of drug-likeness (QED) is 0.543. The number of nitrogens with zero attached hydrogens (tertiary/aromatic N) is 4. The molecule has 130 valence electrons. The van der Waals surface area contributed by atoms with Gasteiger partial charge >= 0.3 is 0 Å². The second kappa shape index (κ2) is 6.65. The first-order chi connectivity index (χ1) is 12.7. The Morgan fingerprint density at radius 2 is 1.38 bits per heavy atom. The van der Waals surface area contributed by atoms with Crippen molar-refractivity contribution >= 4 is 17.2 Å². The number of methoxy groups -OCH3 is 2. The minimum atomic E-state index is 0.372. The van der Waals surface area contributed by atoms with Crippen LogP contribution in [-0.4, -0.2) is 34.0 Å². The minimum absolute atomic E-state index is 0.372. The molecule has 0 aliphatic heterocycles. The van der Waals surface area contributed by atoms with E-state index in [-0.39, 0.29) is 0 Å². The zero-order chi connectivity index (χ0) is 18.1. The van der Waals surface area contributed by atoms with Gasteiger partial charge in [-0.3, -0.25) is 0 Å². The topological polar surface area (TPSA) is 61.5 Å². The summed E-state index contributed by atoms with van der Waals surface area (Å²) < 4.78 is 12.0. The number of aromatic nitrogens is 4. The lowest BCUT2D eigenvalue weighted by Gasteiger charge is -2.07. The number of benzene rings is 2. The monoisotopic (exact) mass is 366 g/mol. The summed E-state index contributed by atoms with van der Waals surface area (Å²) in [7, 11) is 3.26. The highest BCUT2D eigenvalue weighted by atomic mass is 35.5. The Morgan fingerprint density at radius 3 is 1.96 bits per heavy atom. The van der Waals surface area contributed by atoms with Crippen molar-refractivity contribution in [3.05, 3.63) is 59.8 Å². The van der Waals surface area contributed by atoms with Gasteiger partial charge in [0.1, 0.15) is 11.5 Å². The molecule has 2 aromatic heterocycles. The molecule has 2 heterocycles. The second-order valence-corrected chi connectivity index (χ2v) is 5.96. The van der Waals surface area contributed by atoms with Crippen molar-refractivity contribution in [3.8, 4) is 34.0 Å². The zero-order valence-electron chi connectivity index (χ0n) is 14.2. The van der Waals surface area contributed by atoms with Gasteiger partial charge < -0.3 is 9.47 Å². The first kappa shape index (κ1) is 16.4. The third-order valence-electron chi connectivity index (χ3n) is 4.10. The van der Waals surface area contributed by atoms with Crippen molar-refractivity contribution in [2.45, 2.75) is 0 Å². The lowest BCUT2D eigenvalue weighted by Crippen LogP contribution is -1.97. The smallest absolute Gasteiger partial charge is 0.185 e. The molecule has 0 fully saturated rings. The van der Waals surface area contributed by atoms with Crippen LogP contribution in [0.5, 0.6) is 11.5 Å². The summed E-state index contributed by atoms with van der Waals surface area (Å²) >= 11 is 6.44. The van der Waals surface area contributed by atoms with Gasteiger partial charge in [0.05, 0.1) is 14.2 Å². The third-order valence-corrected chi connectivity index (χ3v) is 4.38. The summed E-state index contributed by atoms with van der Waals surface area (Å²) in [4.78, 5) is 0. The van der Waals surface area contributed by atoms with Gasteiger partial charge in [-0.15, -0.1) is 10.2 Å². The first-order valence-corrected chi connectivity index (χ1v) is 8.28. The molecule has 0 saturated heterocycles. The van der Waals surface area contributed by atoms with Crippen LogP contribution in [0.4, 0.5) is 0 Å². The molecule has 0 N–H and O–H groups in total. The fraction of sp³-hybridized carbons (Fsp3) is 0.105. The van der Waals surface area contributed by atoms with E-state index in [1.807, 2.05) is 54.6 Å². The van der Waals surface area contributed by atoms with E-state index in [2.05, 4.69) is 15.3 Å². The lowest BCUT2D eigenvalue weighted by atomic mass is 10.1. The van der Waals surface area contributed by atoms with Crippen LogP contribution >= 0.6 is 11.6 Å². The van der Waals surface area contributed by atoms with Crippen LogP contribution in [0, 0.1) is 0 Å². The number of hydrogen-bond donors (Lipinski definition) is 0. The maximum absolute atomic E-state index is 6.44. The van der Waals surface area contributed by atoms with Crippen molar-refractivity contribution in [1.82, 2.24) is 19.8 Å². The molecule has 2 aromatic carbocycles. The molecule has 0 spiro atoms. The van der Waals surface area contributed by atoms with Crippen molar-refractivity contribution in [2.24, 2.45) is 0 Å². The minimum Gasteiger partial charge on any atom is -0.497 e.